The number of fused-ring (bicyclic) bond motifs is 1. The number of hydrogen-bond donors (Lipinski definition) is 2. The maximum Gasteiger partial charge on any atom is 0.306 e. The molecule has 0 unspecified atom stereocenters. The predicted octanol–water partition coefficient (Wildman–Crippen LogP) is 4.46. The Morgan fingerprint density at radius 2 is 1.90 bits per heavy atom. The van der Waals surface area contributed by atoms with Gasteiger partial charge in [-0.2, -0.15) is 5.10 Å². The SMILES string of the molecule is CCOC(=O)CCc1ccc(/C=N/NC(=O)c2ccc(O)c(Cl)c2)c2ccccc12. The van der Waals surface area contributed by atoms with Crippen molar-refractivity contribution in [2.24, 2.45) is 5.10 Å². The zero-order valence-corrected chi connectivity index (χ0v) is 17.1. The van der Waals surface area contributed by atoms with Crippen LogP contribution < -0.4 is 5.43 Å². The Morgan fingerprint density at radius 3 is 2.63 bits per heavy atom. The summed E-state index contributed by atoms with van der Waals surface area (Å²) in [6, 6.07) is 15.8. The van der Waals surface area contributed by atoms with Crippen molar-refractivity contribution in [2.45, 2.75) is 19.8 Å². The van der Waals surface area contributed by atoms with E-state index in [9.17, 15) is 14.7 Å². The van der Waals surface area contributed by atoms with E-state index < -0.39 is 5.91 Å². The third kappa shape index (κ3) is 5.15. The van der Waals surface area contributed by atoms with E-state index in [1.165, 1.54) is 18.2 Å². The second kappa shape index (κ2) is 9.89. The molecule has 6 nitrogen and oxygen atoms in total. The molecule has 0 fully saturated rings. The first-order valence-corrected chi connectivity index (χ1v) is 9.85. The van der Waals surface area contributed by atoms with Gasteiger partial charge in [0.1, 0.15) is 5.75 Å². The Balaban J connectivity index is 1.76. The van der Waals surface area contributed by atoms with E-state index in [0.29, 0.717) is 19.4 Å². The fourth-order valence-electron chi connectivity index (χ4n) is 3.06. The lowest BCUT2D eigenvalue weighted by atomic mass is 9.97. The molecule has 3 rings (SSSR count). The van der Waals surface area contributed by atoms with Crippen LogP contribution in [0.2, 0.25) is 5.02 Å². The molecule has 0 spiro atoms. The first-order chi connectivity index (χ1) is 14.5. The van der Waals surface area contributed by atoms with Gasteiger partial charge in [-0.3, -0.25) is 9.59 Å². The lowest BCUT2D eigenvalue weighted by molar-refractivity contribution is -0.143. The lowest BCUT2D eigenvalue weighted by Gasteiger charge is -2.09. The van der Waals surface area contributed by atoms with Gasteiger partial charge in [0.25, 0.3) is 5.91 Å². The van der Waals surface area contributed by atoms with E-state index in [1.807, 2.05) is 36.4 Å². The van der Waals surface area contributed by atoms with Gasteiger partial charge in [0.05, 0.1) is 17.8 Å². The number of ether oxygens (including phenoxy) is 1. The highest BCUT2D eigenvalue weighted by atomic mass is 35.5. The average Bonchev–Trinajstić information content (AvgIpc) is 2.75. The van der Waals surface area contributed by atoms with Gasteiger partial charge in [-0.05, 0) is 47.9 Å². The number of carbonyl (C=O) groups excluding carboxylic acids is 2. The van der Waals surface area contributed by atoms with E-state index >= 15 is 0 Å². The number of aryl methyl sites for hydroxylation is 1. The summed E-state index contributed by atoms with van der Waals surface area (Å²) in [5, 5.41) is 15.6. The summed E-state index contributed by atoms with van der Waals surface area (Å²) in [4.78, 5) is 23.9. The zero-order valence-electron chi connectivity index (χ0n) is 16.4. The molecule has 2 N–H and O–H groups in total. The van der Waals surface area contributed by atoms with Gasteiger partial charge in [-0.25, -0.2) is 5.43 Å². The van der Waals surface area contributed by atoms with Crippen LogP contribution in [0.15, 0.2) is 59.7 Å². The topological polar surface area (TPSA) is 88.0 Å². The third-order valence-corrected chi connectivity index (χ3v) is 4.83. The highest BCUT2D eigenvalue weighted by Gasteiger charge is 2.09. The molecular weight excluding hydrogens is 404 g/mol. The summed E-state index contributed by atoms with van der Waals surface area (Å²) < 4.78 is 5.00. The molecule has 154 valence electrons. The smallest absolute Gasteiger partial charge is 0.306 e. The number of hydrogen-bond acceptors (Lipinski definition) is 5. The van der Waals surface area contributed by atoms with Gasteiger partial charge >= 0.3 is 5.97 Å². The van der Waals surface area contributed by atoms with E-state index in [1.54, 1.807) is 13.1 Å². The van der Waals surface area contributed by atoms with Gasteiger partial charge in [0.2, 0.25) is 0 Å². The van der Waals surface area contributed by atoms with Crippen LogP contribution in [0.1, 0.15) is 34.8 Å². The van der Waals surface area contributed by atoms with Crippen LogP contribution in [-0.4, -0.2) is 29.8 Å². The van der Waals surface area contributed by atoms with Crippen LogP contribution in [0.5, 0.6) is 5.75 Å². The van der Waals surface area contributed by atoms with Crippen LogP contribution in [0.25, 0.3) is 10.8 Å². The number of rotatable bonds is 7. The Labute approximate surface area is 179 Å². The molecule has 0 saturated heterocycles. The van der Waals surface area contributed by atoms with Crippen molar-refractivity contribution >= 4 is 40.5 Å². The molecule has 3 aromatic rings. The number of benzene rings is 3. The number of nitrogens with zero attached hydrogens (tertiary/aromatic N) is 1. The molecule has 30 heavy (non-hydrogen) atoms. The van der Waals surface area contributed by atoms with Crippen molar-refractivity contribution in [3.8, 4) is 5.75 Å². The molecule has 0 aliphatic rings. The van der Waals surface area contributed by atoms with Crippen molar-refractivity contribution in [1.29, 1.82) is 0 Å². The van der Waals surface area contributed by atoms with Crippen molar-refractivity contribution in [3.63, 3.8) is 0 Å². The first kappa shape index (κ1) is 21.3. The molecule has 0 radical (unpaired) electrons. The molecule has 7 heteroatoms. The van der Waals surface area contributed by atoms with Crippen LogP contribution in [0.4, 0.5) is 0 Å². The number of amides is 1. The summed E-state index contributed by atoms with van der Waals surface area (Å²) in [5.74, 6) is -0.751. The number of phenols is 1. The molecule has 0 aliphatic heterocycles. The van der Waals surface area contributed by atoms with Crippen LogP contribution in [-0.2, 0) is 16.0 Å². The quantitative estimate of drug-likeness (QED) is 0.333. The fourth-order valence-corrected chi connectivity index (χ4v) is 3.24. The largest absolute Gasteiger partial charge is 0.506 e. The molecule has 1 amide bonds. The number of phenolic OH excluding ortho intramolecular Hbond substituents is 1. The van der Waals surface area contributed by atoms with Crippen molar-refractivity contribution in [2.75, 3.05) is 6.61 Å². The predicted molar refractivity (Wildman–Crippen MR) is 117 cm³/mol. The van der Waals surface area contributed by atoms with E-state index in [4.69, 9.17) is 16.3 Å². The number of esters is 1. The number of halogens is 1. The van der Waals surface area contributed by atoms with E-state index in [0.717, 1.165) is 21.9 Å². The van der Waals surface area contributed by atoms with Gasteiger partial charge in [0.15, 0.2) is 0 Å². The van der Waals surface area contributed by atoms with Crippen molar-refractivity contribution in [3.05, 3.63) is 76.3 Å². The summed E-state index contributed by atoms with van der Waals surface area (Å²) in [6.07, 6.45) is 2.46. The molecule has 0 heterocycles. The van der Waals surface area contributed by atoms with E-state index in [-0.39, 0.29) is 22.3 Å². The standard InChI is InChI=1S/C23H21ClN2O4/c1-2-30-22(28)12-10-15-7-8-17(19-6-4-3-5-18(15)19)14-25-26-23(29)16-9-11-21(27)20(24)13-16/h3-9,11,13-14,27H,2,10,12H2,1H3,(H,26,29)/b25-14+. The number of nitrogens with one attached hydrogen (secondary N) is 1. The van der Waals surface area contributed by atoms with Crippen molar-refractivity contribution in [1.82, 2.24) is 5.43 Å². The zero-order chi connectivity index (χ0) is 21.5. The first-order valence-electron chi connectivity index (χ1n) is 9.47. The van der Waals surface area contributed by atoms with Gasteiger partial charge in [0, 0.05) is 17.5 Å². The highest BCUT2D eigenvalue weighted by Crippen LogP contribution is 2.24. The van der Waals surface area contributed by atoms with Gasteiger partial charge in [-0.15, -0.1) is 0 Å². The Morgan fingerprint density at radius 1 is 1.13 bits per heavy atom. The third-order valence-electron chi connectivity index (χ3n) is 4.53. The monoisotopic (exact) mass is 424 g/mol. The molecule has 3 aromatic carbocycles. The minimum absolute atomic E-state index is 0.0914. The van der Waals surface area contributed by atoms with Crippen LogP contribution >= 0.6 is 11.6 Å². The molecule has 0 aromatic heterocycles. The summed E-state index contributed by atoms with van der Waals surface area (Å²) >= 11 is 5.83. The highest BCUT2D eigenvalue weighted by molar-refractivity contribution is 6.32. The van der Waals surface area contributed by atoms with Crippen LogP contribution in [0.3, 0.4) is 0 Å². The Bertz CT molecular complexity index is 1110. The fraction of sp³-hybridized carbons (Fsp3) is 0.174. The Kier molecular flexibility index (Phi) is 7.03. The number of hydrazone groups is 1. The molecular formula is C23H21ClN2O4. The molecule has 0 saturated carbocycles. The second-order valence-electron chi connectivity index (χ2n) is 6.53. The van der Waals surface area contributed by atoms with E-state index in [2.05, 4.69) is 10.5 Å². The van der Waals surface area contributed by atoms with Crippen molar-refractivity contribution < 1.29 is 19.4 Å². The summed E-state index contributed by atoms with van der Waals surface area (Å²) in [7, 11) is 0. The minimum atomic E-state index is -0.441. The Hall–Kier alpha value is -3.38. The van der Waals surface area contributed by atoms with Gasteiger partial charge < -0.3 is 9.84 Å². The summed E-state index contributed by atoms with van der Waals surface area (Å²) in [6.45, 7) is 2.16. The minimum Gasteiger partial charge on any atom is -0.506 e. The normalized spacial score (nSPS) is 11.0. The van der Waals surface area contributed by atoms with Gasteiger partial charge in [-0.1, -0.05) is 48.0 Å². The second-order valence-corrected chi connectivity index (χ2v) is 6.94. The molecule has 0 atom stereocenters. The summed E-state index contributed by atoms with van der Waals surface area (Å²) in [5.41, 5.74) is 4.61. The maximum atomic E-state index is 12.2. The molecule has 0 aliphatic carbocycles. The number of carbonyl (C=O) groups is 2. The van der Waals surface area contributed by atoms with Crippen LogP contribution in [0, 0.1) is 0 Å². The maximum absolute atomic E-state index is 12.2. The number of aromatic hydroxyl groups is 1. The molecule has 0 bridgehead atoms. The lowest BCUT2D eigenvalue weighted by Crippen LogP contribution is -2.17. The average molecular weight is 425 g/mol.